The lowest BCUT2D eigenvalue weighted by atomic mass is 10.3. The summed E-state index contributed by atoms with van der Waals surface area (Å²) in [6.07, 6.45) is -0.774. The Bertz CT molecular complexity index is 113. The van der Waals surface area contributed by atoms with Crippen molar-refractivity contribution in [2.24, 2.45) is 0 Å². The lowest BCUT2D eigenvalue weighted by Gasteiger charge is -2.05. The quantitative estimate of drug-likeness (QED) is 0.429. The molecule has 0 fully saturated rings. The average molecular weight is 151 g/mol. The van der Waals surface area contributed by atoms with Crippen molar-refractivity contribution in [2.75, 3.05) is 5.88 Å². The smallest absolute Gasteiger partial charge is 0.293 e. The first-order valence-corrected chi connectivity index (χ1v) is 2.91. The second-order valence-electron chi connectivity index (χ2n) is 1.49. The summed E-state index contributed by atoms with van der Waals surface area (Å²) >= 11 is 5.24. The third kappa shape index (κ3) is 3.08. The first-order chi connectivity index (χ1) is 4.22. The minimum absolute atomic E-state index is 0.0219. The Morgan fingerprint density at radius 1 is 1.89 bits per heavy atom. The van der Waals surface area contributed by atoms with Crippen LogP contribution in [0.25, 0.3) is 0 Å². The summed E-state index contributed by atoms with van der Waals surface area (Å²) in [6.45, 7) is 1.53. The minimum Gasteiger partial charge on any atom is -0.455 e. The molecular weight excluding hydrogens is 144 g/mol. The zero-order valence-electron chi connectivity index (χ0n) is 4.96. The zero-order valence-corrected chi connectivity index (χ0v) is 5.72. The predicted octanol–water partition coefficient (Wildman–Crippen LogP) is 0.356. The second-order valence-corrected chi connectivity index (χ2v) is 1.79. The van der Waals surface area contributed by atoms with Crippen molar-refractivity contribution in [1.82, 2.24) is 0 Å². The van der Waals surface area contributed by atoms with Gasteiger partial charge in [-0.2, -0.15) is 0 Å². The third-order valence-corrected chi connectivity index (χ3v) is 1.09. The monoisotopic (exact) mass is 150 g/mol. The van der Waals surface area contributed by atoms with Crippen LogP contribution < -0.4 is 0 Å². The van der Waals surface area contributed by atoms with E-state index in [4.69, 9.17) is 11.6 Å². The highest BCUT2D eigenvalue weighted by molar-refractivity contribution is 6.19. The number of carbonyl (C=O) groups excluding carboxylic acids is 2. The number of hydrogen-bond donors (Lipinski definition) is 0. The van der Waals surface area contributed by atoms with E-state index in [0.717, 1.165) is 0 Å². The van der Waals surface area contributed by atoms with Crippen molar-refractivity contribution in [1.29, 1.82) is 0 Å². The number of hydrogen-bond acceptors (Lipinski definition) is 3. The first-order valence-electron chi connectivity index (χ1n) is 2.38. The third-order valence-electron chi connectivity index (χ3n) is 0.813. The number of rotatable bonds is 4. The molecule has 0 saturated carbocycles. The highest BCUT2D eigenvalue weighted by atomic mass is 35.5. The van der Waals surface area contributed by atoms with Crippen LogP contribution in [0.2, 0.25) is 0 Å². The SMILES string of the molecule is CC(=O)C(CCl)OC=O. The summed E-state index contributed by atoms with van der Waals surface area (Å²) < 4.78 is 4.29. The van der Waals surface area contributed by atoms with E-state index < -0.39 is 6.10 Å². The van der Waals surface area contributed by atoms with Crippen LogP contribution in [0.5, 0.6) is 0 Å². The fourth-order valence-corrected chi connectivity index (χ4v) is 0.598. The summed E-state index contributed by atoms with van der Waals surface area (Å²) in [6, 6.07) is 0. The molecule has 1 atom stereocenters. The van der Waals surface area contributed by atoms with Crippen LogP contribution in [-0.4, -0.2) is 24.2 Å². The van der Waals surface area contributed by atoms with E-state index in [1.165, 1.54) is 6.92 Å². The predicted molar refractivity (Wildman–Crippen MR) is 32.3 cm³/mol. The second kappa shape index (κ2) is 4.32. The topological polar surface area (TPSA) is 43.4 Å². The van der Waals surface area contributed by atoms with Gasteiger partial charge in [0.1, 0.15) is 0 Å². The molecule has 0 heterocycles. The maximum Gasteiger partial charge on any atom is 0.293 e. The van der Waals surface area contributed by atoms with Gasteiger partial charge in [0.25, 0.3) is 6.47 Å². The van der Waals surface area contributed by atoms with Crippen LogP contribution in [-0.2, 0) is 14.3 Å². The Labute approximate surface area is 57.9 Å². The van der Waals surface area contributed by atoms with Gasteiger partial charge < -0.3 is 4.74 Å². The highest BCUT2D eigenvalue weighted by Gasteiger charge is 2.11. The van der Waals surface area contributed by atoms with Crippen LogP contribution in [0.1, 0.15) is 6.92 Å². The molecule has 0 aromatic rings. The van der Waals surface area contributed by atoms with Gasteiger partial charge in [0.15, 0.2) is 11.9 Å². The molecule has 0 aliphatic carbocycles. The maximum absolute atomic E-state index is 10.4. The van der Waals surface area contributed by atoms with E-state index in [0.29, 0.717) is 0 Å². The van der Waals surface area contributed by atoms with E-state index in [1.807, 2.05) is 0 Å². The van der Waals surface area contributed by atoms with Gasteiger partial charge in [-0.05, 0) is 6.92 Å². The van der Waals surface area contributed by atoms with Gasteiger partial charge in [-0.3, -0.25) is 9.59 Å². The van der Waals surface area contributed by atoms with Crippen molar-refractivity contribution in [3.8, 4) is 0 Å². The van der Waals surface area contributed by atoms with E-state index in [2.05, 4.69) is 4.74 Å². The highest BCUT2D eigenvalue weighted by Crippen LogP contribution is 1.93. The van der Waals surface area contributed by atoms with Crippen molar-refractivity contribution in [3.63, 3.8) is 0 Å². The van der Waals surface area contributed by atoms with Crippen LogP contribution in [0.3, 0.4) is 0 Å². The van der Waals surface area contributed by atoms with Gasteiger partial charge in [-0.15, -0.1) is 11.6 Å². The first kappa shape index (κ1) is 8.43. The average Bonchev–Trinajstić information content (AvgIpc) is 1.82. The summed E-state index contributed by atoms with van der Waals surface area (Å²) in [5.74, 6) is -0.217. The Balaban J connectivity index is 3.67. The number of carbonyl (C=O) groups is 2. The van der Waals surface area contributed by atoms with Gasteiger partial charge in [0.2, 0.25) is 0 Å². The number of alkyl halides is 1. The molecule has 52 valence electrons. The molecule has 0 aromatic heterocycles. The molecule has 0 saturated heterocycles. The summed E-state index contributed by atoms with van der Waals surface area (Å²) in [5, 5.41) is 0. The molecule has 0 aliphatic rings. The van der Waals surface area contributed by atoms with Crippen molar-refractivity contribution < 1.29 is 14.3 Å². The Morgan fingerprint density at radius 3 is 2.56 bits per heavy atom. The normalized spacial score (nSPS) is 12.2. The zero-order chi connectivity index (χ0) is 7.28. The molecule has 0 aromatic carbocycles. The number of ketones is 1. The fraction of sp³-hybridized carbons (Fsp3) is 0.600. The van der Waals surface area contributed by atoms with E-state index in [1.54, 1.807) is 0 Å². The van der Waals surface area contributed by atoms with Crippen LogP contribution >= 0.6 is 11.6 Å². The Morgan fingerprint density at radius 2 is 2.44 bits per heavy atom. The molecule has 3 nitrogen and oxygen atoms in total. The standard InChI is InChI=1S/C5H7ClO3/c1-4(8)5(2-6)9-3-7/h3,5H,2H2,1H3. The lowest BCUT2D eigenvalue weighted by Crippen LogP contribution is -2.22. The van der Waals surface area contributed by atoms with Crippen molar-refractivity contribution in [2.45, 2.75) is 13.0 Å². The number of Topliss-reactive ketones (excluding diaryl/α,β-unsaturated/α-hetero) is 1. The maximum atomic E-state index is 10.4. The molecule has 4 heteroatoms. The molecule has 0 radical (unpaired) electrons. The molecule has 1 unspecified atom stereocenters. The molecule has 0 aliphatic heterocycles. The van der Waals surface area contributed by atoms with Gasteiger partial charge in [-0.1, -0.05) is 0 Å². The van der Waals surface area contributed by atoms with Gasteiger partial charge in [-0.25, -0.2) is 0 Å². The lowest BCUT2D eigenvalue weighted by molar-refractivity contribution is -0.141. The molecule has 0 amide bonds. The van der Waals surface area contributed by atoms with E-state index >= 15 is 0 Å². The molecule has 0 bridgehead atoms. The Kier molecular flexibility index (Phi) is 4.05. The largest absolute Gasteiger partial charge is 0.455 e. The molecule has 9 heavy (non-hydrogen) atoms. The van der Waals surface area contributed by atoms with Gasteiger partial charge >= 0.3 is 0 Å². The van der Waals surface area contributed by atoms with E-state index in [-0.39, 0.29) is 18.1 Å². The van der Waals surface area contributed by atoms with Crippen molar-refractivity contribution >= 4 is 23.9 Å². The Hall–Kier alpha value is -0.570. The van der Waals surface area contributed by atoms with Crippen LogP contribution in [0.15, 0.2) is 0 Å². The fourth-order valence-electron chi connectivity index (χ4n) is 0.308. The summed E-state index contributed by atoms with van der Waals surface area (Å²) in [5.41, 5.74) is 0. The van der Waals surface area contributed by atoms with E-state index in [9.17, 15) is 9.59 Å². The van der Waals surface area contributed by atoms with Gasteiger partial charge in [0, 0.05) is 0 Å². The molecule has 0 rings (SSSR count). The minimum atomic E-state index is -0.774. The summed E-state index contributed by atoms with van der Waals surface area (Å²) in [4.78, 5) is 20.0. The van der Waals surface area contributed by atoms with Crippen LogP contribution in [0.4, 0.5) is 0 Å². The van der Waals surface area contributed by atoms with Gasteiger partial charge in [0.05, 0.1) is 5.88 Å². The molecular formula is C5H7ClO3. The summed E-state index contributed by atoms with van der Waals surface area (Å²) in [7, 11) is 0. The number of ether oxygens (including phenoxy) is 1. The molecule has 0 spiro atoms. The van der Waals surface area contributed by atoms with Crippen molar-refractivity contribution in [3.05, 3.63) is 0 Å². The molecule has 0 N–H and O–H groups in total. The van der Waals surface area contributed by atoms with Crippen LogP contribution in [0, 0.1) is 0 Å². The number of halogens is 1.